The van der Waals surface area contributed by atoms with Crippen LogP contribution in [0.4, 0.5) is 5.69 Å². The Morgan fingerprint density at radius 1 is 0.900 bits per heavy atom. The lowest BCUT2D eigenvalue weighted by molar-refractivity contribution is 0.546. The van der Waals surface area contributed by atoms with Crippen molar-refractivity contribution in [1.82, 2.24) is 0 Å². The average molecular weight is 329 g/mol. The molecule has 0 spiro atoms. The number of benzene rings is 2. The highest BCUT2D eigenvalue weighted by Crippen LogP contribution is 2.37. The molecule has 4 heteroatoms. The second-order valence-corrected chi connectivity index (χ2v) is 6.27. The van der Waals surface area contributed by atoms with Crippen LogP contribution in [0.1, 0.15) is 25.5 Å². The summed E-state index contributed by atoms with van der Waals surface area (Å²) in [5.41, 5.74) is 1.92. The van der Waals surface area contributed by atoms with Gasteiger partial charge in [-0.3, -0.25) is 0 Å². The van der Waals surface area contributed by atoms with Gasteiger partial charge in [-0.25, -0.2) is 0 Å². The first-order chi connectivity index (χ1) is 9.49. The highest BCUT2D eigenvalue weighted by atomic mass is 35.5. The summed E-state index contributed by atoms with van der Waals surface area (Å²) < 4.78 is 0. The van der Waals surface area contributed by atoms with E-state index in [1.807, 2.05) is 18.2 Å². The molecule has 0 aliphatic rings. The molecular formula is C16H16Cl3N. The van der Waals surface area contributed by atoms with E-state index in [0.717, 1.165) is 5.69 Å². The predicted molar refractivity (Wildman–Crippen MR) is 89.1 cm³/mol. The van der Waals surface area contributed by atoms with Gasteiger partial charge in [0.25, 0.3) is 0 Å². The van der Waals surface area contributed by atoms with Crippen LogP contribution in [0.15, 0.2) is 42.5 Å². The number of anilines is 1. The number of rotatable bonds is 4. The van der Waals surface area contributed by atoms with Crippen LogP contribution in [0, 0.1) is 5.92 Å². The van der Waals surface area contributed by atoms with Crippen LogP contribution in [0.3, 0.4) is 0 Å². The minimum atomic E-state index is 0.132. The molecule has 1 N–H and O–H groups in total. The summed E-state index contributed by atoms with van der Waals surface area (Å²) in [6.07, 6.45) is 0. The van der Waals surface area contributed by atoms with E-state index in [1.54, 1.807) is 12.1 Å². The van der Waals surface area contributed by atoms with E-state index < -0.39 is 0 Å². The van der Waals surface area contributed by atoms with E-state index in [1.165, 1.54) is 5.56 Å². The van der Waals surface area contributed by atoms with E-state index in [4.69, 9.17) is 34.8 Å². The molecule has 1 atom stereocenters. The molecule has 0 heterocycles. The lowest BCUT2D eigenvalue weighted by Crippen LogP contribution is -2.17. The molecule has 2 aromatic carbocycles. The first kappa shape index (κ1) is 15.5. The zero-order valence-electron chi connectivity index (χ0n) is 11.3. The summed E-state index contributed by atoms with van der Waals surface area (Å²) in [5.74, 6) is 0.389. The van der Waals surface area contributed by atoms with Gasteiger partial charge in [0, 0.05) is 5.02 Å². The largest absolute Gasteiger partial charge is 0.376 e. The molecule has 0 aliphatic heterocycles. The Balaban J connectivity index is 2.35. The van der Waals surface area contributed by atoms with Gasteiger partial charge < -0.3 is 5.32 Å². The molecule has 106 valence electrons. The smallest absolute Gasteiger partial charge is 0.0724 e. The van der Waals surface area contributed by atoms with Gasteiger partial charge in [0.15, 0.2) is 0 Å². The predicted octanol–water partition coefficient (Wildman–Crippen LogP) is 6.46. The lowest BCUT2D eigenvalue weighted by atomic mass is 9.96. The topological polar surface area (TPSA) is 12.0 Å². The Hall–Kier alpha value is -0.890. The molecular weight excluding hydrogens is 313 g/mol. The molecule has 0 saturated heterocycles. The molecule has 0 saturated carbocycles. The molecule has 0 aromatic heterocycles. The summed E-state index contributed by atoms with van der Waals surface area (Å²) >= 11 is 18.4. The van der Waals surface area contributed by atoms with Crippen LogP contribution < -0.4 is 5.32 Å². The summed E-state index contributed by atoms with van der Waals surface area (Å²) in [6.45, 7) is 4.31. The third-order valence-electron chi connectivity index (χ3n) is 3.13. The minimum absolute atomic E-state index is 0.132. The van der Waals surface area contributed by atoms with Gasteiger partial charge in [-0.05, 0) is 23.6 Å². The van der Waals surface area contributed by atoms with Crippen molar-refractivity contribution in [2.24, 2.45) is 5.92 Å². The van der Waals surface area contributed by atoms with Gasteiger partial charge in [-0.15, -0.1) is 0 Å². The Kier molecular flexibility index (Phi) is 5.20. The SMILES string of the molecule is CC(C)C(Nc1c(Cl)cc(Cl)cc1Cl)c1ccccc1. The standard InChI is InChI=1S/C16H16Cl3N/c1-10(2)15(11-6-4-3-5-7-11)20-16-13(18)8-12(17)9-14(16)19/h3-10,15,20H,1-2H3. The molecule has 0 radical (unpaired) electrons. The van der Waals surface area contributed by atoms with Crippen LogP contribution in [0.25, 0.3) is 0 Å². The number of hydrogen-bond donors (Lipinski definition) is 1. The van der Waals surface area contributed by atoms with Gasteiger partial charge in [-0.2, -0.15) is 0 Å². The Labute approximate surface area is 134 Å². The maximum absolute atomic E-state index is 6.24. The zero-order valence-corrected chi connectivity index (χ0v) is 13.6. The molecule has 1 nitrogen and oxygen atoms in total. The van der Waals surface area contributed by atoms with Crippen molar-refractivity contribution >= 4 is 40.5 Å². The van der Waals surface area contributed by atoms with E-state index >= 15 is 0 Å². The molecule has 0 fully saturated rings. The molecule has 0 amide bonds. The van der Waals surface area contributed by atoms with E-state index in [2.05, 4.69) is 31.3 Å². The summed E-state index contributed by atoms with van der Waals surface area (Å²) in [5, 5.41) is 5.03. The summed E-state index contributed by atoms with van der Waals surface area (Å²) in [4.78, 5) is 0. The van der Waals surface area contributed by atoms with Crippen LogP contribution in [-0.2, 0) is 0 Å². The van der Waals surface area contributed by atoms with Gasteiger partial charge >= 0.3 is 0 Å². The molecule has 20 heavy (non-hydrogen) atoms. The van der Waals surface area contributed by atoms with Crippen molar-refractivity contribution < 1.29 is 0 Å². The van der Waals surface area contributed by atoms with Crippen molar-refractivity contribution in [3.63, 3.8) is 0 Å². The van der Waals surface area contributed by atoms with Crippen molar-refractivity contribution in [2.45, 2.75) is 19.9 Å². The van der Waals surface area contributed by atoms with Crippen molar-refractivity contribution in [1.29, 1.82) is 0 Å². The molecule has 2 aromatic rings. The fraction of sp³-hybridized carbons (Fsp3) is 0.250. The third kappa shape index (κ3) is 3.60. The van der Waals surface area contributed by atoms with E-state index in [-0.39, 0.29) is 6.04 Å². The molecule has 0 aliphatic carbocycles. The zero-order chi connectivity index (χ0) is 14.7. The average Bonchev–Trinajstić information content (AvgIpc) is 2.38. The van der Waals surface area contributed by atoms with Gasteiger partial charge in [-0.1, -0.05) is 79.0 Å². The van der Waals surface area contributed by atoms with Crippen molar-refractivity contribution in [3.05, 3.63) is 63.1 Å². The van der Waals surface area contributed by atoms with Crippen LogP contribution >= 0.6 is 34.8 Å². The van der Waals surface area contributed by atoms with Gasteiger partial charge in [0.1, 0.15) is 0 Å². The quantitative estimate of drug-likeness (QED) is 0.679. The first-order valence-corrected chi connectivity index (χ1v) is 7.58. The fourth-order valence-corrected chi connectivity index (χ4v) is 3.06. The molecule has 1 unspecified atom stereocenters. The van der Waals surface area contributed by atoms with Crippen LogP contribution in [0.5, 0.6) is 0 Å². The second-order valence-electron chi connectivity index (χ2n) is 5.02. The van der Waals surface area contributed by atoms with Crippen molar-refractivity contribution in [3.8, 4) is 0 Å². The fourth-order valence-electron chi connectivity index (χ4n) is 2.13. The number of hydrogen-bond acceptors (Lipinski definition) is 1. The lowest BCUT2D eigenvalue weighted by Gasteiger charge is -2.25. The highest BCUT2D eigenvalue weighted by molar-refractivity contribution is 6.41. The third-order valence-corrected chi connectivity index (χ3v) is 3.95. The Morgan fingerprint density at radius 3 is 1.95 bits per heavy atom. The maximum atomic E-state index is 6.24. The van der Waals surface area contributed by atoms with Gasteiger partial charge in [0.2, 0.25) is 0 Å². The number of halogens is 3. The molecule has 2 rings (SSSR count). The monoisotopic (exact) mass is 327 g/mol. The van der Waals surface area contributed by atoms with Gasteiger partial charge in [0.05, 0.1) is 21.8 Å². The van der Waals surface area contributed by atoms with E-state index in [0.29, 0.717) is 21.0 Å². The normalized spacial score (nSPS) is 12.5. The Bertz CT molecular complexity index is 559. The van der Waals surface area contributed by atoms with Crippen LogP contribution in [0.2, 0.25) is 15.1 Å². The summed E-state index contributed by atoms with van der Waals surface area (Å²) in [7, 11) is 0. The van der Waals surface area contributed by atoms with E-state index in [9.17, 15) is 0 Å². The highest BCUT2D eigenvalue weighted by Gasteiger charge is 2.18. The first-order valence-electron chi connectivity index (χ1n) is 6.45. The van der Waals surface area contributed by atoms with Crippen molar-refractivity contribution in [2.75, 3.05) is 5.32 Å². The second kappa shape index (κ2) is 6.71. The minimum Gasteiger partial charge on any atom is -0.376 e. The molecule has 0 bridgehead atoms. The number of nitrogens with one attached hydrogen (secondary N) is 1. The van der Waals surface area contributed by atoms with Crippen LogP contribution in [-0.4, -0.2) is 0 Å². The Morgan fingerprint density at radius 2 is 1.45 bits per heavy atom. The summed E-state index contributed by atoms with van der Waals surface area (Å²) in [6, 6.07) is 13.8. The maximum Gasteiger partial charge on any atom is 0.0724 e.